The van der Waals surface area contributed by atoms with Crippen LogP contribution in [0.25, 0.3) is 0 Å². The molecule has 0 saturated carbocycles. The third kappa shape index (κ3) is 3.72. The highest BCUT2D eigenvalue weighted by molar-refractivity contribution is 5.34. The minimum Gasteiger partial charge on any atom is -0.493 e. The predicted molar refractivity (Wildman–Crippen MR) is 72.9 cm³/mol. The molecule has 0 amide bonds. The van der Waals surface area contributed by atoms with Crippen LogP contribution in [0.5, 0.6) is 5.75 Å². The van der Waals surface area contributed by atoms with E-state index < -0.39 is 6.10 Å². The zero-order chi connectivity index (χ0) is 12.8. The van der Waals surface area contributed by atoms with Crippen LogP contribution in [0, 0.1) is 0 Å². The lowest BCUT2D eigenvalue weighted by Crippen LogP contribution is -2.22. The Balaban J connectivity index is 1.75. The fraction of sp³-hybridized carbons (Fsp3) is 0.600. The zero-order valence-electron chi connectivity index (χ0n) is 11.1. The third-order valence-electron chi connectivity index (χ3n) is 3.44. The van der Waals surface area contributed by atoms with E-state index in [1.54, 1.807) is 6.92 Å². The number of aliphatic hydroxyl groups is 1. The average Bonchev–Trinajstić information content (AvgIpc) is 2.88. The van der Waals surface area contributed by atoms with Gasteiger partial charge in [0.25, 0.3) is 0 Å². The summed E-state index contributed by atoms with van der Waals surface area (Å²) in [6.07, 6.45) is 3.26. The van der Waals surface area contributed by atoms with E-state index in [0.29, 0.717) is 0 Å². The number of ether oxygens (including phenoxy) is 1. The summed E-state index contributed by atoms with van der Waals surface area (Å²) in [4.78, 5) is 2.49. The van der Waals surface area contributed by atoms with Crippen molar-refractivity contribution in [1.82, 2.24) is 4.90 Å². The van der Waals surface area contributed by atoms with Crippen LogP contribution in [-0.2, 0) is 0 Å². The number of para-hydroxylation sites is 1. The molecule has 100 valence electrons. The molecule has 0 radical (unpaired) electrons. The van der Waals surface area contributed by atoms with Crippen molar-refractivity contribution in [1.29, 1.82) is 0 Å². The maximum absolute atomic E-state index is 9.65. The van der Waals surface area contributed by atoms with Crippen molar-refractivity contribution >= 4 is 0 Å². The summed E-state index contributed by atoms with van der Waals surface area (Å²) in [5.41, 5.74) is 0.874. The average molecular weight is 249 g/mol. The van der Waals surface area contributed by atoms with Gasteiger partial charge in [0.05, 0.1) is 12.7 Å². The summed E-state index contributed by atoms with van der Waals surface area (Å²) < 4.78 is 5.77. The molecule has 0 aromatic heterocycles. The Hall–Kier alpha value is -1.06. The summed E-state index contributed by atoms with van der Waals surface area (Å²) in [6.45, 7) is 6.10. The molecule has 18 heavy (non-hydrogen) atoms. The molecule has 2 rings (SSSR count). The molecule has 1 heterocycles. The maximum atomic E-state index is 9.65. The molecule has 1 saturated heterocycles. The van der Waals surface area contributed by atoms with Crippen LogP contribution in [0.1, 0.15) is 37.9 Å². The zero-order valence-corrected chi connectivity index (χ0v) is 11.1. The van der Waals surface area contributed by atoms with Crippen LogP contribution in [-0.4, -0.2) is 36.2 Å². The van der Waals surface area contributed by atoms with E-state index in [1.165, 1.54) is 25.9 Å². The SMILES string of the molecule is C[C@@H](O)c1ccccc1OCCCN1CCCC1. The van der Waals surface area contributed by atoms with Gasteiger partial charge in [-0.3, -0.25) is 0 Å². The molecular weight excluding hydrogens is 226 g/mol. The standard InChI is InChI=1S/C15H23NO2/c1-13(17)14-7-2-3-8-15(14)18-12-6-11-16-9-4-5-10-16/h2-3,7-8,13,17H,4-6,9-12H2,1H3/t13-/m1/s1. The van der Waals surface area contributed by atoms with Gasteiger partial charge in [0, 0.05) is 12.1 Å². The molecule has 1 fully saturated rings. The van der Waals surface area contributed by atoms with Crippen molar-refractivity contribution in [3.8, 4) is 5.75 Å². The molecule has 1 atom stereocenters. The first-order valence-corrected chi connectivity index (χ1v) is 6.89. The summed E-state index contributed by atoms with van der Waals surface area (Å²) in [5.74, 6) is 0.814. The third-order valence-corrected chi connectivity index (χ3v) is 3.44. The number of benzene rings is 1. The topological polar surface area (TPSA) is 32.7 Å². The number of aliphatic hydroxyl groups excluding tert-OH is 1. The van der Waals surface area contributed by atoms with Crippen molar-refractivity contribution in [2.24, 2.45) is 0 Å². The first-order valence-electron chi connectivity index (χ1n) is 6.89. The second-order valence-corrected chi connectivity index (χ2v) is 4.96. The van der Waals surface area contributed by atoms with Gasteiger partial charge in [-0.1, -0.05) is 18.2 Å². The molecule has 0 aliphatic carbocycles. The normalized spacial score (nSPS) is 17.9. The summed E-state index contributed by atoms with van der Waals surface area (Å²) >= 11 is 0. The second-order valence-electron chi connectivity index (χ2n) is 4.96. The molecule has 1 aliphatic rings. The molecule has 1 aliphatic heterocycles. The van der Waals surface area contributed by atoms with Gasteiger partial charge < -0.3 is 14.7 Å². The minimum atomic E-state index is -0.472. The van der Waals surface area contributed by atoms with Gasteiger partial charge in [0.2, 0.25) is 0 Å². The Morgan fingerprint density at radius 1 is 1.28 bits per heavy atom. The highest BCUT2D eigenvalue weighted by Crippen LogP contribution is 2.24. The minimum absolute atomic E-state index is 0.472. The highest BCUT2D eigenvalue weighted by atomic mass is 16.5. The van der Waals surface area contributed by atoms with Crippen LogP contribution in [0.2, 0.25) is 0 Å². The second kappa shape index (κ2) is 6.76. The lowest BCUT2D eigenvalue weighted by atomic mass is 10.1. The van der Waals surface area contributed by atoms with E-state index >= 15 is 0 Å². The first kappa shape index (κ1) is 13.4. The number of likely N-dealkylation sites (tertiary alicyclic amines) is 1. The van der Waals surface area contributed by atoms with E-state index in [2.05, 4.69) is 4.90 Å². The van der Waals surface area contributed by atoms with E-state index in [-0.39, 0.29) is 0 Å². The lowest BCUT2D eigenvalue weighted by molar-refractivity contribution is 0.189. The van der Waals surface area contributed by atoms with Gasteiger partial charge >= 0.3 is 0 Å². The molecule has 1 N–H and O–H groups in total. The molecule has 1 aromatic rings. The van der Waals surface area contributed by atoms with Gasteiger partial charge in [0.1, 0.15) is 5.75 Å². The summed E-state index contributed by atoms with van der Waals surface area (Å²) in [5, 5.41) is 9.65. The summed E-state index contributed by atoms with van der Waals surface area (Å²) in [6, 6.07) is 7.72. The van der Waals surface area contributed by atoms with Crippen molar-refractivity contribution in [2.45, 2.75) is 32.3 Å². The Morgan fingerprint density at radius 2 is 2.00 bits per heavy atom. The van der Waals surface area contributed by atoms with E-state index in [9.17, 15) is 5.11 Å². The van der Waals surface area contributed by atoms with Gasteiger partial charge in [-0.2, -0.15) is 0 Å². The molecule has 0 spiro atoms. The fourth-order valence-electron chi connectivity index (χ4n) is 2.43. The highest BCUT2D eigenvalue weighted by Gasteiger charge is 2.11. The van der Waals surface area contributed by atoms with Crippen LogP contribution >= 0.6 is 0 Å². The van der Waals surface area contributed by atoms with Gasteiger partial charge in [0.15, 0.2) is 0 Å². The Morgan fingerprint density at radius 3 is 2.72 bits per heavy atom. The largest absolute Gasteiger partial charge is 0.493 e. The van der Waals surface area contributed by atoms with E-state index in [4.69, 9.17) is 4.74 Å². The van der Waals surface area contributed by atoms with Gasteiger partial charge in [-0.25, -0.2) is 0 Å². The molecule has 3 heteroatoms. The Kier molecular flexibility index (Phi) is 5.02. The molecule has 1 aromatic carbocycles. The number of hydrogen-bond donors (Lipinski definition) is 1. The maximum Gasteiger partial charge on any atom is 0.125 e. The fourth-order valence-corrected chi connectivity index (χ4v) is 2.43. The van der Waals surface area contributed by atoms with Crippen molar-refractivity contribution in [2.75, 3.05) is 26.2 Å². The number of rotatable bonds is 6. The van der Waals surface area contributed by atoms with Crippen LogP contribution in [0.4, 0.5) is 0 Å². The first-order chi connectivity index (χ1) is 8.77. The number of nitrogens with zero attached hydrogens (tertiary/aromatic N) is 1. The Bertz CT molecular complexity index is 359. The quantitative estimate of drug-likeness (QED) is 0.787. The predicted octanol–water partition coefficient (Wildman–Crippen LogP) is 2.60. The summed E-state index contributed by atoms with van der Waals surface area (Å²) in [7, 11) is 0. The van der Waals surface area contributed by atoms with Crippen molar-refractivity contribution < 1.29 is 9.84 Å². The van der Waals surface area contributed by atoms with Crippen molar-refractivity contribution in [3.63, 3.8) is 0 Å². The Labute approximate surface area is 109 Å². The van der Waals surface area contributed by atoms with Crippen LogP contribution in [0.15, 0.2) is 24.3 Å². The van der Waals surface area contributed by atoms with E-state index in [0.717, 1.165) is 30.9 Å². The van der Waals surface area contributed by atoms with E-state index in [1.807, 2.05) is 24.3 Å². The van der Waals surface area contributed by atoms with Crippen LogP contribution in [0.3, 0.4) is 0 Å². The molecule has 3 nitrogen and oxygen atoms in total. The molecule has 0 bridgehead atoms. The van der Waals surface area contributed by atoms with Gasteiger partial charge in [-0.15, -0.1) is 0 Å². The monoisotopic (exact) mass is 249 g/mol. The smallest absolute Gasteiger partial charge is 0.125 e. The van der Waals surface area contributed by atoms with Gasteiger partial charge in [-0.05, 0) is 45.3 Å². The van der Waals surface area contributed by atoms with Crippen LogP contribution < -0.4 is 4.74 Å². The molecule has 0 unspecified atom stereocenters. The lowest BCUT2D eigenvalue weighted by Gasteiger charge is -2.16. The van der Waals surface area contributed by atoms with Crippen molar-refractivity contribution in [3.05, 3.63) is 29.8 Å². The molecular formula is C15H23NO2. The number of hydrogen-bond acceptors (Lipinski definition) is 3.